The zero-order chi connectivity index (χ0) is 16.8. The highest BCUT2D eigenvalue weighted by Gasteiger charge is 2.25. The van der Waals surface area contributed by atoms with E-state index in [1.54, 1.807) is 12.4 Å². The van der Waals surface area contributed by atoms with Gasteiger partial charge in [-0.05, 0) is 49.2 Å². The number of hydrogen-bond donors (Lipinski definition) is 1. The number of hydrogen-bond acceptors (Lipinski definition) is 3. The van der Waals surface area contributed by atoms with Gasteiger partial charge < -0.3 is 5.32 Å². The lowest BCUT2D eigenvalue weighted by Crippen LogP contribution is -2.40. The van der Waals surface area contributed by atoms with Gasteiger partial charge in [0.15, 0.2) is 0 Å². The lowest BCUT2D eigenvalue weighted by molar-refractivity contribution is -0.126. The quantitative estimate of drug-likeness (QED) is 0.906. The van der Waals surface area contributed by atoms with Crippen LogP contribution in [0.2, 0.25) is 5.02 Å². The molecule has 0 saturated carbocycles. The fraction of sp³-hybridized carbons (Fsp3) is 0.368. The second-order valence-corrected chi connectivity index (χ2v) is 6.63. The summed E-state index contributed by atoms with van der Waals surface area (Å²) in [7, 11) is 0. The van der Waals surface area contributed by atoms with E-state index < -0.39 is 0 Å². The maximum absolute atomic E-state index is 12.3. The minimum absolute atomic E-state index is 0.101. The SMILES string of the molecule is O=C(NCc1cccnc1)C1CCN(Cc2ccccc2Cl)CC1. The minimum Gasteiger partial charge on any atom is -0.352 e. The van der Waals surface area contributed by atoms with E-state index in [0.717, 1.165) is 48.6 Å². The van der Waals surface area contributed by atoms with Crippen LogP contribution in [0, 0.1) is 5.92 Å². The summed E-state index contributed by atoms with van der Waals surface area (Å²) in [4.78, 5) is 18.7. The Morgan fingerprint density at radius 3 is 2.71 bits per heavy atom. The van der Waals surface area contributed by atoms with E-state index in [2.05, 4.69) is 21.3 Å². The molecule has 2 aromatic rings. The van der Waals surface area contributed by atoms with Gasteiger partial charge in [-0.25, -0.2) is 0 Å². The van der Waals surface area contributed by atoms with Crippen molar-refractivity contribution in [2.75, 3.05) is 13.1 Å². The Hall–Kier alpha value is -1.91. The smallest absolute Gasteiger partial charge is 0.223 e. The number of benzene rings is 1. The van der Waals surface area contributed by atoms with Gasteiger partial charge in [0.05, 0.1) is 0 Å². The molecule has 4 nitrogen and oxygen atoms in total. The molecule has 3 rings (SSSR count). The van der Waals surface area contributed by atoms with Crippen molar-refractivity contribution in [1.29, 1.82) is 0 Å². The molecule has 24 heavy (non-hydrogen) atoms. The fourth-order valence-corrected chi connectivity index (χ4v) is 3.25. The highest BCUT2D eigenvalue weighted by Crippen LogP contribution is 2.22. The van der Waals surface area contributed by atoms with Crippen LogP contribution in [0.15, 0.2) is 48.8 Å². The van der Waals surface area contributed by atoms with Crippen LogP contribution in [0.4, 0.5) is 0 Å². The molecule has 1 N–H and O–H groups in total. The van der Waals surface area contributed by atoms with Crippen molar-refractivity contribution >= 4 is 17.5 Å². The topological polar surface area (TPSA) is 45.2 Å². The Labute approximate surface area is 147 Å². The van der Waals surface area contributed by atoms with Crippen molar-refractivity contribution < 1.29 is 4.79 Å². The van der Waals surface area contributed by atoms with Gasteiger partial charge in [-0.3, -0.25) is 14.7 Å². The second-order valence-electron chi connectivity index (χ2n) is 6.22. The van der Waals surface area contributed by atoms with E-state index in [1.165, 1.54) is 0 Å². The summed E-state index contributed by atoms with van der Waals surface area (Å²) < 4.78 is 0. The first-order chi connectivity index (χ1) is 11.7. The number of nitrogens with one attached hydrogen (secondary N) is 1. The molecule has 1 amide bonds. The van der Waals surface area contributed by atoms with Gasteiger partial charge in [0, 0.05) is 36.4 Å². The third-order valence-electron chi connectivity index (χ3n) is 4.50. The predicted molar refractivity (Wildman–Crippen MR) is 95.5 cm³/mol. The van der Waals surface area contributed by atoms with Crippen LogP contribution in [-0.4, -0.2) is 28.9 Å². The van der Waals surface area contributed by atoms with E-state index in [-0.39, 0.29) is 11.8 Å². The summed E-state index contributed by atoms with van der Waals surface area (Å²) in [5.41, 5.74) is 2.18. The van der Waals surface area contributed by atoms with Crippen molar-refractivity contribution in [2.45, 2.75) is 25.9 Å². The fourth-order valence-electron chi connectivity index (χ4n) is 3.06. The summed E-state index contributed by atoms with van der Waals surface area (Å²) in [6, 6.07) is 11.8. The number of pyridine rings is 1. The largest absolute Gasteiger partial charge is 0.352 e. The summed E-state index contributed by atoms with van der Waals surface area (Å²) in [6.07, 6.45) is 5.30. The molecule has 2 heterocycles. The Morgan fingerprint density at radius 1 is 1.21 bits per heavy atom. The monoisotopic (exact) mass is 343 g/mol. The van der Waals surface area contributed by atoms with E-state index >= 15 is 0 Å². The standard InChI is InChI=1S/C19H22ClN3O/c20-18-6-2-1-5-17(18)14-23-10-7-16(8-11-23)19(24)22-13-15-4-3-9-21-12-15/h1-6,9,12,16H,7-8,10-11,13-14H2,(H,22,24). The molecule has 1 aliphatic rings. The van der Waals surface area contributed by atoms with E-state index in [9.17, 15) is 4.79 Å². The number of halogens is 1. The zero-order valence-electron chi connectivity index (χ0n) is 13.6. The predicted octanol–water partition coefficient (Wildman–Crippen LogP) is 3.26. The Balaban J connectivity index is 1.44. The molecular weight excluding hydrogens is 322 g/mol. The van der Waals surface area contributed by atoms with Crippen molar-refractivity contribution in [3.05, 3.63) is 64.9 Å². The highest BCUT2D eigenvalue weighted by atomic mass is 35.5. The van der Waals surface area contributed by atoms with E-state index in [4.69, 9.17) is 11.6 Å². The lowest BCUT2D eigenvalue weighted by Gasteiger charge is -2.31. The summed E-state index contributed by atoms with van der Waals surface area (Å²) in [5, 5.41) is 3.84. The average molecular weight is 344 g/mol. The van der Waals surface area contributed by atoms with Gasteiger partial charge in [-0.2, -0.15) is 0 Å². The molecule has 1 aliphatic heterocycles. The maximum Gasteiger partial charge on any atom is 0.223 e. The van der Waals surface area contributed by atoms with Crippen molar-refractivity contribution in [1.82, 2.24) is 15.2 Å². The average Bonchev–Trinajstić information content (AvgIpc) is 2.63. The molecule has 1 fully saturated rings. The molecule has 1 aromatic carbocycles. The molecule has 1 aromatic heterocycles. The van der Waals surface area contributed by atoms with Crippen LogP contribution >= 0.6 is 11.6 Å². The number of carbonyl (C=O) groups excluding carboxylic acids is 1. The van der Waals surface area contributed by atoms with Crippen LogP contribution in [0.25, 0.3) is 0 Å². The number of amides is 1. The highest BCUT2D eigenvalue weighted by molar-refractivity contribution is 6.31. The molecule has 0 radical (unpaired) electrons. The Morgan fingerprint density at radius 2 is 2.00 bits per heavy atom. The molecule has 5 heteroatoms. The van der Waals surface area contributed by atoms with Gasteiger partial charge in [-0.15, -0.1) is 0 Å². The number of nitrogens with zero attached hydrogens (tertiary/aromatic N) is 2. The Bertz CT molecular complexity index is 669. The third kappa shape index (κ3) is 4.56. The maximum atomic E-state index is 12.3. The molecule has 0 aliphatic carbocycles. The molecule has 0 atom stereocenters. The third-order valence-corrected chi connectivity index (χ3v) is 4.87. The van der Waals surface area contributed by atoms with Crippen molar-refractivity contribution in [3.63, 3.8) is 0 Å². The molecule has 0 bridgehead atoms. The molecular formula is C19H22ClN3O. The van der Waals surface area contributed by atoms with Gasteiger partial charge in [0.25, 0.3) is 0 Å². The summed E-state index contributed by atoms with van der Waals surface area (Å²) in [6.45, 7) is 3.25. The van der Waals surface area contributed by atoms with Gasteiger partial charge >= 0.3 is 0 Å². The van der Waals surface area contributed by atoms with Gasteiger partial charge in [0.2, 0.25) is 5.91 Å². The summed E-state index contributed by atoms with van der Waals surface area (Å²) >= 11 is 6.23. The van der Waals surface area contributed by atoms with Crippen molar-refractivity contribution in [2.24, 2.45) is 5.92 Å². The van der Waals surface area contributed by atoms with E-state index in [1.807, 2.05) is 30.3 Å². The normalized spacial score (nSPS) is 16.0. The van der Waals surface area contributed by atoms with Gasteiger partial charge in [0.1, 0.15) is 0 Å². The first kappa shape index (κ1) is 16.9. The second kappa shape index (κ2) is 8.27. The van der Waals surface area contributed by atoms with Crippen LogP contribution in [-0.2, 0) is 17.9 Å². The van der Waals surface area contributed by atoms with Crippen LogP contribution in [0.5, 0.6) is 0 Å². The number of aromatic nitrogens is 1. The first-order valence-corrected chi connectivity index (χ1v) is 8.72. The molecule has 0 spiro atoms. The first-order valence-electron chi connectivity index (χ1n) is 8.35. The number of likely N-dealkylation sites (tertiary alicyclic amines) is 1. The lowest BCUT2D eigenvalue weighted by atomic mass is 9.95. The van der Waals surface area contributed by atoms with Crippen molar-refractivity contribution in [3.8, 4) is 0 Å². The number of piperidine rings is 1. The minimum atomic E-state index is 0.101. The zero-order valence-corrected chi connectivity index (χ0v) is 14.4. The molecule has 126 valence electrons. The van der Waals surface area contributed by atoms with Gasteiger partial charge in [-0.1, -0.05) is 35.9 Å². The molecule has 0 unspecified atom stereocenters. The van der Waals surface area contributed by atoms with E-state index in [0.29, 0.717) is 6.54 Å². The Kier molecular flexibility index (Phi) is 5.83. The number of rotatable bonds is 5. The number of carbonyl (C=O) groups is 1. The van der Waals surface area contributed by atoms with Crippen LogP contribution in [0.1, 0.15) is 24.0 Å². The summed E-state index contributed by atoms with van der Waals surface area (Å²) in [5.74, 6) is 0.250. The molecule has 1 saturated heterocycles. The van der Waals surface area contributed by atoms with Crippen LogP contribution in [0.3, 0.4) is 0 Å². The van der Waals surface area contributed by atoms with Crippen LogP contribution < -0.4 is 5.32 Å².